The Morgan fingerprint density at radius 2 is 2.24 bits per heavy atom. The molecule has 0 aliphatic heterocycles. The van der Waals surface area contributed by atoms with Crippen LogP contribution in [0.5, 0.6) is 5.75 Å². The maximum absolute atomic E-state index is 6.05. The fourth-order valence-corrected chi connectivity index (χ4v) is 2.14. The van der Waals surface area contributed by atoms with E-state index in [-0.39, 0.29) is 6.04 Å². The van der Waals surface area contributed by atoms with Crippen LogP contribution in [0.1, 0.15) is 30.6 Å². The summed E-state index contributed by atoms with van der Waals surface area (Å²) in [5.41, 5.74) is 9.87. The van der Waals surface area contributed by atoms with Crippen LogP contribution < -0.4 is 10.5 Å². The van der Waals surface area contributed by atoms with Crippen LogP contribution in [0.3, 0.4) is 0 Å². The number of nitrogens with zero attached hydrogens (tertiary/aromatic N) is 1. The molecule has 4 heteroatoms. The number of benzene rings is 1. The second-order valence-corrected chi connectivity index (χ2v) is 4.54. The van der Waals surface area contributed by atoms with Gasteiger partial charge in [-0.15, -0.1) is 11.3 Å². The molecule has 0 aliphatic rings. The number of nitrogens with two attached hydrogens (primary N) is 1. The van der Waals surface area contributed by atoms with E-state index in [1.165, 1.54) is 0 Å². The van der Waals surface area contributed by atoms with Crippen molar-refractivity contribution in [3.63, 3.8) is 0 Å². The van der Waals surface area contributed by atoms with Gasteiger partial charge in [0.15, 0.2) is 0 Å². The molecule has 1 aromatic carbocycles. The van der Waals surface area contributed by atoms with Crippen molar-refractivity contribution in [1.82, 2.24) is 4.98 Å². The Balaban J connectivity index is 2.09. The van der Waals surface area contributed by atoms with Crippen molar-refractivity contribution in [3.05, 3.63) is 46.4 Å². The SMILES string of the molecule is CC[C@@H](N)c1ccccc1OCc1cscn1. The van der Waals surface area contributed by atoms with E-state index in [9.17, 15) is 0 Å². The number of para-hydroxylation sites is 1. The van der Waals surface area contributed by atoms with Crippen LogP contribution >= 0.6 is 11.3 Å². The Labute approximate surface area is 105 Å². The number of rotatable bonds is 5. The van der Waals surface area contributed by atoms with Crippen LogP contribution in [-0.4, -0.2) is 4.98 Å². The molecule has 1 atom stereocenters. The van der Waals surface area contributed by atoms with Gasteiger partial charge in [0.05, 0.1) is 11.2 Å². The molecule has 0 aliphatic carbocycles. The summed E-state index contributed by atoms with van der Waals surface area (Å²) in [6, 6.07) is 7.95. The summed E-state index contributed by atoms with van der Waals surface area (Å²) in [4.78, 5) is 4.19. The maximum Gasteiger partial charge on any atom is 0.131 e. The lowest BCUT2D eigenvalue weighted by atomic mass is 10.0. The first-order valence-corrected chi connectivity index (χ1v) is 6.60. The largest absolute Gasteiger partial charge is 0.487 e. The minimum atomic E-state index is 0.0293. The smallest absolute Gasteiger partial charge is 0.131 e. The van der Waals surface area contributed by atoms with E-state index in [0.717, 1.165) is 23.4 Å². The highest BCUT2D eigenvalue weighted by Crippen LogP contribution is 2.26. The van der Waals surface area contributed by atoms with E-state index < -0.39 is 0 Å². The molecule has 2 N–H and O–H groups in total. The van der Waals surface area contributed by atoms with Crippen LogP contribution in [0.15, 0.2) is 35.2 Å². The first-order valence-electron chi connectivity index (χ1n) is 5.65. The quantitative estimate of drug-likeness (QED) is 0.884. The van der Waals surface area contributed by atoms with Gasteiger partial charge < -0.3 is 10.5 Å². The zero-order valence-corrected chi connectivity index (χ0v) is 10.6. The molecule has 3 nitrogen and oxygen atoms in total. The normalized spacial score (nSPS) is 12.4. The zero-order chi connectivity index (χ0) is 12.1. The average Bonchev–Trinajstić information content (AvgIpc) is 2.89. The van der Waals surface area contributed by atoms with Crippen molar-refractivity contribution in [3.8, 4) is 5.75 Å². The summed E-state index contributed by atoms with van der Waals surface area (Å²) in [6.45, 7) is 2.57. The Morgan fingerprint density at radius 1 is 1.41 bits per heavy atom. The van der Waals surface area contributed by atoms with E-state index in [4.69, 9.17) is 10.5 Å². The van der Waals surface area contributed by atoms with Crippen molar-refractivity contribution in [1.29, 1.82) is 0 Å². The van der Waals surface area contributed by atoms with Gasteiger partial charge in [-0.3, -0.25) is 0 Å². The molecule has 0 saturated carbocycles. The first kappa shape index (κ1) is 12.1. The molecule has 0 unspecified atom stereocenters. The summed E-state index contributed by atoms with van der Waals surface area (Å²) in [6.07, 6.45) is 0.900. The van der Waals surface area contributed by atoms with Crippen LogP contribution in [0, 0.1) is 0 Å². The number of aromatic nitrogens is 1. The van der Waals surface area contributed by atoms with Gasteiger partial charge in [0, 0.05) is 17.0 Å². The Bertz CT molecular complexity index is 456. The molecule has 17 heavy (non-hydrogen) atoms. The second kappa shape index (κ2) is 5.80. The molecule has 0 saturated heterocycles. The zero-order valence-electron chi connectivity index (χ0n) is 9.80. The number of ether oxygens (including phenoxy) is 1. The lowest BCUT2D eigenvalue weighted by Gasteiger charge is -2.15. The van der Waals surface area contributed by atoms with Gasteiger partial charge in [-0.1, -0.05) is 25.1 Å². The van der Waals surface area contributed by atoms with Gasteiger partial charge in [-0.2, -0.15) is 0 Å². The molecule has 2 aromatic rings. The van der Waals surface area contributed by atoms with Gasteiger partial charge in [0.1, 0.15) is 12.4 Å². The standard InChI is InChI=1S/C13H16N2OS/c1-2-12(14)11-5-3-4-6-13(11)16-7-10-8-17-9-15-10/h3-6,8-9,12H,2,7,14H2,1H3/t12-/m1/s1. The third kappa shape index (κ3) is 3.05. The van der Waals surface area contributed by atoms with Gasteiger partial charge in [-0.25, -0.2) is 4.98 Å². The molecule has 2 rings (SSSR count). The Kier molecular flexibility index (Phi) is 4.12. The van der Waals surface area contributed by atoms with E-state index in [1.54, 1.807) is 11.3 Å². The predicted molar refractivity (Wildman–Crippen MR) is 70.1 cm³/mol. The number of thiazole rings is 1. The topological polar surface area (TPSA) is 48.1 Å². The number of hydrogen-bond donors (Lipinski definition) is 1. The van der Waals surface area contributed by atoms with Gasteiger partial charge in [0.25, 0.3) is 0 Å². The molecule has 90 valence electrons. The summed E-state index contributed by atoms with van der Waals surface area (Å²) in [7, 11) is 0. The molecule has 1 heterocycles. The monoisotopic (exact) mass is 248 g/mol. The molecule has 0 bridgehead atoms. The molecular weight excluding hydrogens is 232 g/mol. The van der Waals surface area contributed by atoms with E-state index in [1.807, 2.05) is 35.2 Å². The lowest BCUT2D eigenvalue weighted by Crippen LogP contribution is -2.10. The molecule has 0 radical (unpaired) electrons. The molecule has 0 amide bonds. The highest BCUT2D eigenvalue weighted by atomic mass is 32.1. The minimum absolute atomic E-state index is 0.0293. The number of hydrogen-bond acceptors (Lipinski definition) is 4. The molecule has 1 aromatic heterocycles. The fourth-order valence-electron chi connectivity index (χ4n) is 1.60. The van der Waals surface area contributed by atoms with Crippen molar-refractivity contribution in [2.75, 3.05) is 0 Å². The van der Waals surface area contributed by atoms with Gasteiger partial charge in [0.2, 0.25) is 0 Å². The Morgan fingerprint density at radius 3 is 2.94 bits per heavy atom. The summed E-state index contributed by atoms with van der Waals surface area (Å²) in [5, 5.41) is 1.99. The van der Waals surface area contributed by atoms with Crippen LogP contribution in [0.25, 0.3) is 0 Å². The highest BCUT2D eigenvalue weighted by molar-refractivity contribution is 7.07. The van der Waals surface area contributed by atoms with Gasteiger partial charge in [-0.05, 0) is 12.5 Å². The summed E-state index contributed by atoms with van der Waals surface area (Å²) < 4.78 is 5.77. The van der Waals surface area contributed by atoms with Crippen LogP contribution in [0.4, 0.5) is 0 Å². The minimum Gasteiger partial charge on any atom is -0.487 e. The second-order valence-electron chi connectivity index (χ2n) is 3.82. The lowest BCUT2D eigenvalue weighted by molar-refractivity contribution is 0.297. The summed E-state index contributed by atoms with van der Waals surface area (Å²) in [5.74, 6) is 0.856. The molecule has 0 fully saturated rings. The van der Waals surface area contributed by atoms with Crippen LogP contribution in [0.2, 0.25) is 0 Å². The molecule has 0 spiro atoms. The highest BCUT2D eigenvalue weighted by Gasteiger charge is 2.09. The van der Waals surface area contributed by atoms with Crippen molar-refractivity contribution in [2.45, 2.75) is 26.0 Å². The third-order valence-electron chi connectivity index (χ3n) is 2.62. The van der Waals surface area contributed by atoms with E-state index in [2.05, 4.69) is 11.9 Å². The van der Waals surface area contributed by atoms with Crippen molar-refractivity contribution in [2.24, 2.45) is 5.73 Å². The third-order valence-corrected chi connectivity index (χ3v) is 3.25. The Hall–Kier alpha value is -1.39. The average molecular weight is 248 g/mol. The van der Waals surface area contributed by atoms with E-state index >= 15 is 0 Å². The van der Waals surface area contributed by atoms with E-state index in [0.29, 0.717) is 6.61 Å². The van der Waals surface area contributed by atoms with Crippen LogP contribution in [-0.2, 0) is 6.61 Å². The predicted octanol–water partition coefficient (Wildman–Crippen LogP) is 3.13. The molecular formula is C13H16N2OS. The fraction of sp³-hybridized carbons (Fsp3) is 0.308. The summed E-state index contributed by atoms with van der Waals surface area (Å²) >= 11 is 1.57. The first-order chi connectivity index (χ1) is 8.31. The van der Waals surface area contributed by atoms with Crippen molar-refractivity contribution < 1.29 is 4.74 Å². The van der Waals surface area contributed by atoms with Gasteiger partial charge >= 0.3 is 0 Å². The van der Waals surface area contributed by atoms with Crippen molar-refractivity contribution >= 4 is 11.3 Å². The maximum atomic E-state index is 6.05.